The first-order valence-electron chi connectivity index (χ1n) is 10.6. The molecule has 31 heavy (non-hydrogen) atoms. The zero-order chi connectivity index (χ0) is 21.6. The summed E-state index contributed by atoms with van der Waals surface area (Å²) in [5, 5.41) is 9.62. The molecule has 0 aliphatic carbocycles. The van der Waals surface area contributed by atoms with Crippen LogP contribution < -0.4 is 16.0 Å². The molecule has 0 radical (unpaired) electrons. The van der Waals surface area contributed by atoms with Gasteiger partial charge < -0.3 is 20.7 Å². The lowest BCUT2D eigenvalue weighted by molar-refractivity contribution is -0.111. The fourth-order valence-electron chi connectivity index (χ4n) is 4.42. The SMILES string of the molecule is CC1(C)O/C(=C2/C(=O)Nc3ccc(F)cc32)C=C1c1ccc(NC[C@@H]2CCCN2)nc1. The summed E-state index contributed by atoms with van der Waals surface area (Å²) in [6.45, 7) is 5.83. The largest absolute Gasteiger partial charge is 0.482 e. The summed E-state index contributed by atoms with van der Waals surface area (Å²) in [4.78, 5) is 17.1. The molecule has 1 fully saturated rings. The second kappa shape index (κ2) is 7.50. The van der Waals surface area contributed by atoms with Crippen molar-refractivity contribution in [3.8, 4) is 0 Å². The Morgan fingerprint density at radius 1 is 1.29 bits per heavy atom. The number of ether oxygens (including phenoxy) is 1. The first-order chi connectivity index (χ1) is 14.9. The van der Waals surface area contributed by atoms with Gasteiger partial charge in [0.15, 0.2) is 0 Å². The lowest BCUT2D eigenvalue weighted by Gasteiger charge is -2.23. The summed E-state index contributed by atoms with van der Waals surface area (Å²) >= 11 is 0. The van der Waals surface area contributed by atoms with E-state index in [1.165, 1.54) is 25.0 Å². The van der Waals surface area contributed by atoms with E-state index in [0.29, 0.717) is 28.6 Å². The number of carbonyl (C=O) groups is 1. The summed E-state index contributed by atoms with van der Waals surface area (Å²) in [7, 11) is 0. The highest BCUT2D eigenvalue weighted by molar-refractivity contribution is 6.32. The van der Waals surface area contributed by atoms with Crippen molar-refractivity contribution in [3.63, 3.8) is 0 Å². The lowest BCUT2D eigenvalue weighted by atomic mass is 9.93. The number of hydrogen-bond donors (Lipinski definition) is 3. The van der Waals surface area contributed by atoms with Crippen LogP contribution in [0.2, 0.25) is 0 Å². The third kappa shape index (κ3) is 3.70. The number of hydrogen-bond acceptors (Lipinski definition) is 5. The van der Waals surface area contributed by atoms with Crippen LogP contribution in [0.5, 0.6) is 0 Å². The van der Waals surface area contributed by atoms with Crippen molar-refractivity contribution in [2.24, 2.45) is 0 Å². The van der Waals surface area contributed by atoms with Crippen molar-refractivity contribution in [1.82, 2.24) is 10.3 Å². The van der Waals surface area contributed by atoms with Crippen LogP contribution in [0.1, 0.15) is 37.8 Å². The molecule has 0 spiro atoms. The molecule has 1 aromatic heterocycles. The van der Waals surface area contributed by atoms with Crippen LogP contribution in [0.4, 0.5) is 15.9 Å². The Balaban J connectivity index is 1.43. The highest BCUT2D eigenvalue weighted by atomic mass is 19.1. The van der Waals surface area contributed by atoms with Crippen molar-refractivity contribution >= 4 is 28.6 Å². The third-order valence-electron chi connectivity index (χ3n) is 6.03. The van der Waals surface area contributed by atoms with E-state index in [1.54, 1.807) is 6.07 Å². The molecule has 1 amide bonds. The Morgan fingerprint density at radius 2 is 2.16 bits per heavy atom. The Kier molecular flexibility index (Phi) is 4.78. The Morgan fingerprint density at radius 3 is 2.90 bits per heavy atom. The molecule has 0 bridgehead atoms. The summed E-state index contributed by atoms with van der Waals surface area (Å²) in [6, 6.07) is 8.71. The smallest absolute Gasteiger partial charge is 0.260 e. The average molecular weight is 420 g/mol. The number of nitrogens with zero attached hydrogens (tertiary/aromatic N) is 1. The molecular formula is C24H25FN4O2. The van der Waals surface area contributed by atoms with Crippen LogP contribution in [0, 0.1) is 5.82 Å². The summed E-state index contributed by atoms with van der Waals surface area (Å²) in [5.74, 6) is 0.585. The van der Waals surface area contributed by atoms with Gasteiger partial charge in [-0.25, -0.2) is 9.37 Å². The number of allylic oxidation sites excluding steroid dienone is 1. The highest BCUT2D eigenvalue weighted by Crippen LogP contribution is 2.44. The molecule has 160 valence electrons. The van der Waals surface area contributed by atoms with Gasteiger partial charge >= 0.3 is 0 Å². The minimum Gasteiger partial charge on any atom is -0.482 e. The quantitative estimate of drug-likeness (QED) is 0.654. The van der Waals surface area contributed by atoms with Gasteiger partial charge in [0, 0.05) is 41.2 Å². The van der Waals surface area contributed by atoms with E-state index >= 15 is 0 Å². The van der Waals surface area contributed by atoms with Crippen molar-refractivity contribution in [1.29, 1.82) is 0 Å². The fourth-order valence-corrected chi connectivity index (χ4v) is 4.42. The number of nitrogens with one attached hydrogen (secondary N) is 3. The first-order valence-corrected chi connectivity index (χ1v) is 10.6. The molecular weight excluding hydrogens is 395 g/mol. The summed E-state index contributed by atoms with van der Waals surface area (Å²) in [6.07, 6.45) is 6.08. The molecule has 7 heteroatoms. The number of aromatic nitrogens is 1. The molecule has 4 heterocycles. The van der Waals surface area contributed by atoms with Gasteiger partial charge in [-0.15, -0.1) is 0 Å². The number of amides is 1. The van der Waals surface area contributed by atoms with Crippen molar-refractivity contribution in [3.05, 3.63) is 65.3 Å². The van der Waals surface area contributed by atoms with E-state index in [-0.39, 0.29) is 5.91 Å². The molecule has 0 saturated carbocycles. The fraction of sp³-hybridized carbons (Fsp3) is 0.333. The second-order valence-electron chi connectivity index (χ2n) is 8.66. The van der Waals surface area contributed by atoms with Crippen molar-refractivity contribution in [2.75, 3.05) is 23.7 Å². The first kappa shape index (κ1) is 19.8. The Hall–Kier alpha value is -3.19. The van der Waals surface area contributed by atoms with Gasteiger partial charge in [-0.1, -0.05) is 0 Å². The van der Waals surface area contributed by atoms with Gasteiger partial charge in [0.25, 0.3) is 5.91 Å². The molecule has 1 atom stereocenters. The molecule has 1 saturated heterocycles. The van der Waals surface area contributed by atoms with E-state index in [1.807, 2.05) is 38.3 Å². The topological polar surface area (TPSA) is 75.3 Å². The average Bonchev–Trinajstić information content (AvgIpc) is 3.43. The minimum atomic E-state index is -0.650. The van der Waals surface area contributed by atoms with E-state index in [0.717, 1.165) is 30.0 Å². The highest BCUT2D eigenvalue weighted by Gasteiger charge is 2.38. The molecule has 5 rings (SSSR count). The standard InChI is InChI=1S/C24H25FN4O2/c1-24(2)18(14-5-8-21(27-12-14)28-13-16-4-3-9-26-16)11-20(31-24)22-17-10-15(25)6-7-19(17)29-23(22)30/h5-8,10-12,16,26H,3-4,9,13H2,1-2H3,(H,27,28)(H,29,30)/b22-20+/t16-/m0/s1. The number of fused-ring (bicyclic) bond motifs is 1. The van der Waals surface area contributed by atoms with E-state index in [4.69, 9.17) is 4.74 Å². The van der Waals surface area contributed by atoms with Crippen molar-refractivity contribution in [2.45, 2.75) is 38.3 Å². The number of halogens is 1. The van der Waals surface area contributed by atoms with Crippen LogP contribution in [0.15, 0.2) is 48.4 Å². The van der Waals surface area contributed by atoms with Crippen molar-refractivity contribution < 1.29 is 13.9 Å². The zero-order valence-electron chi connectivity index (χ0n) is 17.6. The maximum atomic E-state index is 13.8. The molecule has 1 aromatic carbocycles. The predicted octanol–water partition coefficient (Wildman–Crippen LogP) is 3.94. The number of carbonyl (C=O) groups excluding carboxylic acids is 1. The number of rotatable bonds is 4. The number of benzene rings is 1. The van der Waals surface area contributed by atoms with E-state index in [9.17, 15) is 9.18 Å². The summed E-state index contributed by atoms with van der Waals surface area (Å²) in [5.41, 5.74) is 2.65. The normalized spacial score (nSPS) is 23.9. The van der Waals surface area contributed by atoms with Crippen LogP contribution >= 0.6 is 0 Å². The van der Waals surface area contributed by atoms with Gasteiger partial charge in [-0.2, -0.15) is 0 Å². The van der Waals surface area contributed by atoms with Gasteiger partial charge in [-0.05, 0) is 69.6 Å². The number of pyridine rings is 1. The van der Waals surface area contributed by atoms with Crippen LogP contribution in [-0.2, 0) is 9.53 Å². The predicted molar refractivity (Wildman–Crippen MR) is 119 cm³/mol. The van der Waals surface area contributed by atoms with Crippen LogP contribution in [0.25, 0.3) is 11.1 Å². The third-order valence-corrected chi connectivity index (χ3v) is 6.03. The van der Waals surface area contributed by atoms with Gasteiger partial charge in [-0.3, -0.25) is 4.79 Å². The van der Waals surface area contributed by atoms with E-state index in [2.05, 4.69) is 20.9 Å². The minimum absolute atomic E-state index is 0.290. The molecule has 3 N–H and O–H groups in total. The Bertz CT molecular complexity index is 1100. The van der Waals surface area contributed by atoms with E-state index < -0.39 is 11.4 Å². The molecule has 6 nitrogen and oxygen atoms in total. The molecule has 0 unspecified atom stereocenters. The second-order valence-corrected chi connectivity index (χ2v) is 8.66. The molecule has 3 aliphatic heterocycles. The molecule has 2 aromatic rings. The van der Waals surface area contributed by atoms with Gasteiger partial charge in [0.1, 0.15) is 23.0 Å². The molecule has 3 aliphatic rings. The van der Waals surface area contributed by atoms with Crippen LogP contribution in [0.3, 0.4) is 0 Å². The zero-order valence-corrected chi connectivity index (χ0v) is 17.6. The lowest BCUT2D eigenvalue weighted by Crippen LogP contribution is -2.29. The monoisotopic (exact) mass is 420 g/mol. The number of anilines is 2. The van der Waals surface area contributed by atoms with Gasteiger partial charge in [0.05, 0.1) is 5.57 Å². The van der Waals surface area contributed by atoms with Gasteiger partial charge in [0.2, 0.25) is 0 Å². The summed E-state index contributed by atoms with van der Waals surface area (Å²) < 4.78 is 20.0. The Labute approximate surface area is 180 Å². The maximum absolute atomic E-state index is 13.8. The van der Waals surface area contributed by atoms with Crippen LogP contribution in [-0.4, -0.2) is 35.6 Å². The maximum Gasteiger partial charge on any atom is 0.260 e.